The second-order valence-corrected chi connectivity index (χ2v) is 7.38. The molecule has 1 aromatic heterocycles. The van der Waals surface area contributed by atoms with Crippen molar-refractivity contribution >= 4 is 11.7 Å². The molecular weight excluding hydrogens is 326 g/mol. The predicted molar refractivity (Wildman–Crippen MR) is 102 cm³/mol. The second-order valence-electron chi connectivity index (χ2n) is 7.38. The lowest BCUT2D eigenvalue weighted by Gasteiger charge is -2.31. The Bertz CT molecular complexity index is 802. The number of hydrogen-bond acceptors (Lipinski definition) is 2. The summed E-state index contributed by atoms with van der Waals surface area (Å²) in [7, 11) is 0. The van der Waals surface area contributed by atoms with Crippen molar-refractivity contribution < 1.29 is 14.5 Å². The van der Waals surface area contributed by atoms with E-state index in [4.69, 9.17) is 5.73 Å². The number of nitrogens with two attached hydrogens (primary N) is 1. The Morgan fingerprint density at radius 1 is 1.15 bits per heavy atom. The summed E-state index contributed by atoms with van der Waals surface area (Å²) in [5.74, 6) is -0.0774. The number of nitrogens with one attached hydrogen (secondary N) is 1. The van der Waals surface area contributed by atoms with Crippen LogP contribution >= 0.6 is 0 Å². The first-order chi connectivity index (χ1) is 12.4. The third kappa shape index (κ3) is 3.44. The first kappa shape index (κ1) is 18.4. The average Bonchev–Trinajstić information content (AvgIpc) is 2.95. The Labute approximate surface area is 154 Å². The van der Waals surface area contributed by atoms with Crippen molar-refractivity contribution in [3.63, 3.8) is 0 Å². The molecule has 1 amide bonds. The molecule has 3 N–H and O–H groups in total. The zero-order valence-electron chi connectivity index (χ0n) is 15.8. The Balaban J connectivity index is 1.79. The molecule has 1 atom stereocenters. The fourth-order valence-corrected chi connectivity index (χ4v) is 4.11. The van der Waals surface area contributed by atoms with Gasteiger partial charge in [0.25, 0.3) is 0 Å². The molecule has 1 aliphatic heterocycles. The molecular formula is C21H28N3O2+. The van der Waals surface area contributed by atoms with Gasteiger partial charge in [0.05, 0.1) is 13.1 Å². The number of carbonyl (C=O) groups is 2. The molecule has 1 fully saturated rings. The molecule has 1 saturated heterocycles. The molecule has 3 rings (SSSR count). The van der Waals surface area contributed by atoms with Gasteiger partial charge < -0.3 is 15.2 Å². The molecule has 5 heteroatoms. The third-order valence-electron chi connectivity index (χ3n) is 5.75. The van der Waals surface area contributed by atoms with Gasteiger partial charge in [0.1, 0.15) is 6.04 Å². The minimum atomic E-state index is -0.213. The summed E-state index contributed by atoms with van der Waals surface area (Å²) in [5, 5.41) is 0. The van der Waals surface area contributed by atoms with Crippen molar-refractivity contribution in [1.29, 1.82) is 0 Å². The molecule has 1 aliphatic rings. The van der Waals surface area contributed by atoms with E-state index in [1.165, 1.54) is 4.90 Å². The van der Waals surface area contributed by atoms with Crippen molar-refractivity contribution in [3.8, 4) is 5.69 Å². The topological polar surface area (TPSA) is 69.5 Å². The maximum atomic E-state index is 13.2. The Morgan fingerprint density at radius 2 is 1.77 bits per heavy atom. The maximum absolute atomic E-state index is 13.2. The number of aromatic nitrogens is 1. The van der Waals surface area contributed by atoms with Gasteiger partial charge in [-0.05, 0) is 39.0 Å². The van der Waals surface area contributed by atoms with Crippen LogP contribution in [0.4, 0.5) is 0 Å². The van der Waals surface area contributed by atoms with E-state index in [1.54, 1.807) is 0 Å². The number of benzene rings is 1. The fraction of sp³-hybridized carbons (Fsp3) is 0.429. The van der Waals surface area contributed by atoms with Crippen LogP contribution < -0.4 is 10.6 Å². The van der Waals surface area contributed by atoms with Crippen molar-refractivity contribution in [1.82, 2.24) is 4.57 Å². The minimum Gasteiger partial charge on any atom is -0.369 e. The largest absolute Gasteiger partial charge is 0.369 e. The Kier molecular flexibility index (Phi) is 5.28. The first-order valence-corrected chi connectivity index (χ1v) is 9.32. The van der Waals surface area contributed by atoms with E-state index >= 15 is 0 Å². The van der Waals surface area contributed by atoms with Crippen molar-refractivity contribution in [3.05, 3.63) is 53.3 Å². The summed E-state index contributed by atoms with van der Waals surface area (Å²) in [6, 6.07) is 12.0. The van der Waals surface area contributed by atoms with E-state index in [-0.39, 0.29) is 23.7 Å². The monoisotopic (exact) mass is 354 g/mol. The van der Waals surface area contributed by atoms with Crippen LogP contribution in [0.1, 0.15) is 41.5 Å². The molecule has 0 bridgehead atoms. The minimum absolute atomic E-state index is 0.0378. The summed E-state index contributed by atoms with van der Waals surface area (Å²) in [4.78, 5) is 25.7. The van der Waals surface area contributed by atoms with Crippen LogP contribution in [-0.2, 0) is 4.79 Å². The van der Waals surface area contributed by atoms with Gasteiger partial charge >= 0.3 is 0 Å². The van der Waals surface area contributed by atoms with E-state index in [2.05, 4.69) is 16.7 Å². The number of Topliss-reactive ketones (excluding diaryl/α,β-unsaturated/α-hetero) is 1. The number of quaternary nitrogens is 1. The van der Waals surface area contributed by atoms with Gasteiger partial charge in [-0.2, -0.15) is 0 Å². The van der Waals surface area contributed by atoms with Gasteiger partial charge in [-0.15, -0.1) is 0 Å². The van der Waals surface area contributed by atoms with Crippen LogP contribution in [0.5, 0.6) is 0 Å². The summed E-state index contributed by atoms with van der Waals surface area (Å²) < 4.78 is 2.13. The lowest BCUT2D eigenvalue weighted by Crippen LogP contribution is -3.17. The average molecular weight is 354 g/mol. The fourth-order valence-electron chi connectivity index (χ4n) is 4.11. The molecule has 0 aliphatic carbocycles. The van der Waals surface area contributed by atoms with E-state index < -0.39 is 0 Å². The molecule has 0 spiro atoms. The van der Waals surface area contributed by atoms with E-state index in [9.17, 15) is 9.59 Å². The van der Waals surface area contributed by atoms with Crippen LogP contribution in [-0.4, -0.2) is 35.4 Å². The number of piperidine rings is 1. The number of primary amides is 1. The SMILES string of the molecule is Cc1cc(C(=O)[C@H](C)[NH+]2CCC(C(N)=O)CC2)c(C)n1-c1ccccc1. The molecule has 2 heterocycles. The van der Waals surface area contributed by atoms with Crippen LogP contribution in [0.3, 0.4) is 0 Å². The highest BCUT2D eigenvalue weighted by atomic mass is 16.1. The number of carbonyl (C=O) groups excluding carboxylic acids is 2. The van der Waals surface area contributed by atoms with Crippen LogP contribution in [0, 0.1) is 19.8 Å². The zero-order valence-corrected chi connectivity index (χ0v) is 15.8. The van der Waals surface area contributed by atoms with Gasteiger partial charge in [0, 0.05) is 41.4 Å². The van der Waals surface area contributed by atoms with Crippen molar-refractivity contribution in [2.45, 2.75) is 39.7 Å². The summed E-state index contributed by atoms with van der Waals surface area (Å²) >= 11 is 0. The van der Waals surface area contributed by atoms with E-state index in [0.29, 0.717) is 0 Å². The zero-order chi connectivity index (χ0) is 18.8. The number of ketones is 1. The molecule has 138 valence electrons. The van der Waals surface area contributed by atoms with Crippen molar-refractivity contribution in [2.24, 2.45) is 11.7 Å². The highest BCUT2D eigenvalue weighted by Crippen LogP contribution is 2.21. The van der Waals surface area contributed by atoms with Gasteiger partial charge in [-0.1, -0.05) is 18.2 Å². The molecule has 1 aromatic carbocycles. The number of likely N-dealkylation sites (tertiary alicyclic amines) is 1. The number of para-hydroxylation sites is 1. The molecule has 5 nitrogen and oxygen atoms in total. The normalized spacial score (nSPS) is 21.3. The number of aryl methyl sites for hydroxylation is 1. The number of amides is 1. The molecule has 0 radical (unpaired) electrons. The smallest absolute Gasteiger partial charge is 0.221 e. The quantitative estimate of drug-likeness (QED) is 0.798. The molecule has 2 aromatic rings. The standard InChI is InChI=1S/C21H27N3O2/c1-14-13-19(15(2)24(14)18-7-5-4-6-8-18)20(25)16(3)23-11-9-17(10-12-23)21(22)26/h4-8,13,16-17H,9-12H2,1-3H3,(H2,22,26)/p+1/t16-/m0/s1. The third-order valence-corrected chi connectivity index (χ3v) is 5.75. The summed E-state index contributed by atoms with van der Waals surface area (Å²) in [6.45, 7) is 7.67. The summed E-state index contributed by atoms with van der Waals surface area (Å²) in [6.07, 6.45) is 1.54. The first-order valence-electron chi connectivity index (χ1n) is 9.32. The Morgan fingerprint density at radius 3 is 2.35 bits per heavy atom. The van der Waals surface area contributed by atoms with Gasteiger partial charge in [-0.25, -0.2) is 0 Å². The lowest BCUT2D eigenvalue weighted by molar-refractivity contribution is -0.919. The second kappa shape index (κ2) is 7.46. The van der Waals surface area contributed by atoms with Crippen LogP contribution in [0.25, 0.3) is 5.69 Å². The molecule has 0 unspecified atom stereocenters. The van der Waals surface area contributed by atoms with E-state index in [0.717, 1.165) is 48.6 Å². The molecule has 0 saturated carbocycles. The van der Waals surface area contributed by atoms with E-state index in [1.807, 2.05) is 45.0 Å². The lowest BCUT2D eigenvalue weighted by atomic mass is 9.94. The van der Waals surface area contributed by atoms with Crippen LogP contribution in [0.15, 0.2) is 36.4 Å². The van der Waals surface area contributed by atoms with Crippen molar-refractivity contribution in [2.75, 3.05) is 13.1 Å². The highest BCUT2D eigenvalue weighted by molar-refractivity contribution is 6.00. The Hall–Kier alpha value is -2.40. The van der Waals surface area contributed by atoms with Gasteiger partial charge in [0.2, 0.25) is 11.7 Å². The van der Waals surface area contributed by atoms with Gasteiger partial charge in [0.15, 0.2) is 0 Å². The summed E-state index contributed by atoms with van der Waals surface area (Å²) in [5.41, 5.74) is 9.33. The predicted octanol–water partition coefficient (Wildman–Crippen LogP) is 1.45. The maximum Gasteiger partial charge on any atom is 0.221 e. The number of nitrogens with zero attached hydrogens (tertiary/aromatic N) is 1. The highest BCUT2D eigenvalue weighted by Gasteiger charge is 2.33. The van der Waals surface area contributed by atoms with Gasteiger partial charge in [-0.3, -0.25) is 9.59 Å². The van der Waals surface area contributed by atoms with Crippen LogP contribution in [0.2, 0.25) is 0 Å². The number of rotatable bonds is 5. The number of hydrogen-bond donors (Lipinski definition) is 2. The molecule has 26 heavy (non-hydrogen) atoms.